The second kappa shape index (κ2) is 18.9. The number of hydrogen-bond acceptors (Lipinski definition) is 11. The molecule has 4 amide bonds. The molecule has 0 fully saturated rings. The zero-order valence-electron chi connectivity index (χ0n) is 34.2. The van der Waals surface area contributed by atoms with E-state index in [0.717, 1.165) is 0 Å². The zero-order valence-corrected chi connectivity index (χ0v) is 34.2. The van der Waals surface area contributed by atoms with E-state index in [2.05, 4.69) is 30.8 Å². The molecule has 0 spiro atoms. The second-order valence-corrected chi connectivity index (χ2v) is 13.0. The summed E-state index contributed by atoms with van der Waals surface area (Å²) in [6, 6.07) is 9.38. The van der Waals surface area contributed by atoms with Crippen LogP contribution in [-0.4, -0.2) is 87.7 Å². The van der Waals surface area contributed by atoms with Gasteiger partial charge in [0.05, 0.1) is 36.1 Å². The summed E-state index contributed by atoms with van der Waals surface area (Å²) in [6.45, 7) is 12.6. The number of fused-ring (bicyclic) bond motifs is 2. The van der Waals surface area contributed by atoms with E-state index in [1.165, 1.54) is 31.4 Å². The first kappa shape index (κ1) is 43.1. The fourth-order valence-electron chi connectivity index (χ4n) is 6.43. The van der Waals surface area contributed by atoms with E-state index in [0.29, 0.717) is 70.1 Å². The Morgan fingerprint density at radius 1 is 0.729 bits per heavy atom. The normalized spacial score (nSPS) is 11.2. The molecule has 19 heteroatoms. The summed E-state index contributed by atoms with van der Waals surface area (Å²) in [5.41, 5.74) is 15.2. The molecule has 0 radical (unpaired) electrons. The highest BCUT2D eigenvalue weighted by atomic mass is 16.5. The van der Waals surface area contributed by atoms with Crippen molar-refractivity contribution in [3.05, 3.63) is 82.5 Å². The summed E-state index contributed by atoms with van der Waals surface area (Å²) in [6.07, 6.45) is 3.95. The number of rotatable bonds is 17. The first-order valence-electron chi connectivity index (χ1n) is 19.2. The maximum atomic E-state index is 13.6. The smallest absolute Gasteiger partial charge is 0.276 e. The van der Waals surface area contributed by atoms with Crippen LogP contribution in [0.3, 0.4) is 0 Å². The molecule has 0 aliphatic heterocycles. The van der Waals surface area contributed by atoms with Crippen LogP contribution < -0.4 is 31.6 Å². The number of allylic oxidation sites excluding steroid dienone is 2. The van der Waals surface area contributed by atoms with Gasteiger partial charge < -0.3 is 35.2 Å². The Bertz CT molecular complexity index is 2540. The molecule has 7 N–H and O–H groups in total. The van der Waals surface area contributed by atoms with Crippen molar-refractivity contribution < 1.29 is 33.8 Å². The number of aryl methyl sites for hydroxylation is 4. The van der Waals surface area contributed by atoms with Gasteiger partial charge in [0.1, 0.15) is 33.9 Å². The van der Waals surface area contributed by atoms with Crippen molar-refractivity contribution in [3.8, 4) is 11.5 Å². The number of aliphatic hydroxyl groups is 1. The fourth-order valence-corrected chi connectivity index (χ4v) is 6.43. The lowest BCUT2D eigenvalue weighted by Gasteiger charge is -2.13. The Kier molecular flexibility index (Phi) is 13.8. The van der Waals surface area contributed by atoms with E-state index in [-0.39, 0.29) is 55.1 Å². The third kappa shape index (κ3) is 9.25. The van der Waals surface area contributed by atoms with Gasteiger partial charge in [0.15, 0.2) is 0 Å². The highest BCUT2D eigenvalue weighted by Crippen LogP contribution is 2.33. The molecule has 6 aromatic rings. The predicted octanol–water partition coefficient (Wildman–Crippen LogP) is 4.19. The van der Waals surface area contributed by atoms with Crippen molar-refractivity contribution >= 4 is 57.6 Å². The molecule has 6 rings (SSSR count). The Balaban J connectivity index is 0.00000326. The van der Waals surface area contributed by atoms with Crippen LogP contribution in [0.25, 0.3) is 22.1 Å². The summed E-state index contributed by atoms with van der Waals surface area (Å²) < 4.78 is 18.3. The molecule has 19 nitrogen and oxygen atoms in total. The Morgan fingerprint density at radius 3 is 1.58 bits per heavy atom. The van der Waals surface area contributed by atoms with Crippen molar-refractivity contribution in [2.45, 2.75) is 74.1 Å². The van der Waals surface area contributed by atoms with Crippen molar-refractivity contribution in [2.75, 3.05) is 31.0 Å². The van der Waals surface area contributed by atoms with Crippen molar-refractivity contribution in [1.82, 2.24) is 38.7 Å². The third-order valence-electron chi connectivity index (χ3n) is 9.02. The van der Waals surface area contributed by atoms with Crippen LogP contribution in [0.5, 0.6) is 11.5 Å². The number of imidazole rings is 2. The molecule has 312 valence electrons. The van der Waals surface area contributed by atoms with Crippen LogP contribution >= 0.6 is 0 Å². The molecule has 0 saturated carbocycles. The van der Waals surface area contributed by atoms with Crippen LogP contribution in [0.1, 0.15) is 87.2 Å². The number of primary amides is 2. The molecular formula is C40H50N12O7. The molecule has 59 heavy (non-hydrogen) atoms. The Morgan fingerprint density at radius 2 is 1.17 bits per heavy atom. The highest BCUT2D eigenvalue weighted by Gasteiger charge is 2.23. The highest BCUT2D eigenvalue weighted by molar-refractivity contribution is 6.05. The molecule has 0 aliphatic carbocycles. The third-order valence-corrected chi connectivity index (χ3v) is 9.02. The maximum Gasteiger partial charge on any atom is 0.276 e. The number of nitrogens with two attached hydrogens (primary N) is 2. The molecule has 0 bridgehead atoms. The SMILES string of the molecule is CC.CCn1nc(C)cc1C(=O)Nc1nc2cc(C(N)=O)cc(OC)c2n1C/C=C/Cn1c(NC(=O)c2cc(C)nn2CC)nc2cc(C(N)=O)cc(OCCCO)c21. The lowest BCUT2D eigenvalue weighted by molar-refractivity contribution is 0.0991. The van der Waals surface area contributed by atoms with Gasteiger partial charge in [-0.1, -0.05) is 26.0 Å². The van der Waals surface area contributed by atoms with Crippen LogP contribution in [0.15, 0.2) is 48.6 Å². The minimum absolute atomic E-state index is 0.117. The van der Waals surface area contributed by atoms with Gasteiger partial charge in [-0.05, 0) is 64.1 Å². The van der Waals surface area contributed by atoms with E-state index >= 15 is 0 Å². The quantitative estimate of drug-likeness (QED) is 0.0645. The first-order chi connectivity index (χ1) is 28.4. The minimum atomic E-state index is -0.700. The number of benzene rings is 2. The molecule has 4 aromatic heterocycles. The van der Waals surface area contributed by atoms with Gasteiger partial charge in [0.2, 0.25) is 23.7 Å². The summed E-state index contributed by atoms with van der Waals surface area (Å²) in [5.74, 6) is -1.38. The largest absolute Gasteiger partial charge is 0.494 e. The van der Waals surface area contributed by atoms with E-state index in [9.17, 15) is 24.3 Å². The summed E-state index contributed by atoms with van der Waals surface area (Å²) in [7, 11) is 1.45. The van der Waals surface area contributed by atoms with Crippen molar-refractivity contribution in [1.29, 1.82) is 0 Å². The van der Waals surface area contributed by atoms with Gasteiger partial charge in [0, 0.05) is 50.3 Å². The lowest BCUT2D eigenvalue weighted by atomic mass is 10.1. The Hall–Kier alpha value is -7.02. The molecule has 0 saturated heterocycles. The van der Waals surface area contributed by atoms with Gasteiger partial charge >= 0.3 is 0 Å². The number of amides is 4. The predicted molar refractivity (Wildman–Crippen MR) is 222 cm³/mol. The number of aromatic nitrogens is 8. The number of anilines is 2. The van der Waals surface area contributed by atoms with E-state index in [1.54, 1.807) is 44.5 Å². The van der Waals surface area contributed by atoms with Gasteiger partial charge in [0.25, 0.3) is 11.8 Å². The zero-order chi connectivity index (χ0) is 43.0. The van der Waals surface area contributed by atoms with Gasteiger partial charge in [-0.3, -0.25) is 39.2 Å². The standard InChI is InChI=1S/C38H44N12O7.C2H6/c1-6-49-27(15-21(3)45-49)35(54)43-37-41-25-17-23(33(39)52)19-29(56-5)31(25)47(37)11-8-9-12-48-32-26(18-24(34(40)53)20-30(32)57-14-10-13-51)42-38(48)44-36(55)28-16-22(4)46-50(28)7-2;1-2/h8-9,15-20,51H,6-7,10-14H2,1-5H3,(H2,39,52)(H2,40,53)(H,41,43,54)(H,42,44,55);1-2H3/b9-8+;. The lowest BCUT2D eigenvalue weighted by Crippen LogP contribution is -2.20. The average molecular weight is 811 g/mol. The van der Waals surface area contributed by atoms with Crippen molar-refractivity contribution in [3.63, 3.8) is 0 Å². The van der Waals surface area contributed by atoms with Crippen LogP contribution in [0, 0.1) is 13.8 Å². The van der Waals surface area contributed by atoms with Crippen molar-refractivity contribution in [2.24, 2.45) is 11.5 Å². The molecule has 0 aliphatic rings. The van der Waals surface area contributed by atoms with E-state index in [4.69, 9.17) is 20.9 Å². The number of nitrogens with one attached hydrogen (secondary N) is 2. The Labute approximate surface area is 340 Å². The minimum Gasteiger partial charge on any atom is -0.494 e. The number of nitrogens with zero attached hydrogens (tertiary/aromatic N) is 8. The maximum absolute atomic E-state index is 13.6. The van der Waals surface area contributed by atoms with Gasteiger partial charge in [-0.15, -0.1) is 0 Å². The molecule has 0 unspecified atom stereocenters. The summed E-state index contributed by atoms with van der Waals surface area (Å²) in [4.78, 5) is 61.1. The number of carbonyl (C=O) groups is 4. The number of ether oxygens (including phenoxy) is 2. The molecule has 4 heterocycles. The number of carbonyl (C=O) groups excluding carboxylic acids is 4. The summed E-state index contributed by atoms with van der Waals surface area (Å²) >= 11 is 0. The average Bonchev–Trinajstić information content (AvgIpc) is 3.98. The van der Waals surface area contributed by atoms with Crippen LogP contribution in [0.2, 0.25) is 0 Å². The second-order valence-electron chi connectivity index (χ2n) is 13.0. The van der Waals surface area contributed by atoms with Gasteiger partial charge in [-0.2, -0.15) is 10.2 Å². The topological polar surface area (TPSA) is 254 Å². The number of hydrogen-bond donors (Lipinski definition) is 5. The first-order valence-corrected chi connectivity index (χ1v) is 19.2. The van der Waals surface area contributed by atoms with Gasteiger partial charge in [-0.25, -0.2) is 9.97 Å². The molecular weight excluding hydrogens is 761 g/mol. The number of aliphatic hydroxyl groups excluding tert-OH is 1. The van der Waals surface area contributed by atoms with E-state index < -0.39 is 23.6 Å². The monoisotopic (exact) mass is 810 g/mol. The van der Waals surface area contributed by atoms with Crippen LogP contribution in [0.4, 0.5) is 11.9 Å². The van der Waals surface area contributed by atoms with E-state index in [1.807, 2.05) is 39.8 Å². The molecule has 0 atom stereocenters. The summed E-state index contributed by atoms with van der Waals surface area (Å²) in [5, 5.41) is 24.0. The fraction of sp³-hybridized carbons (Fsp3) is 0.350. The number of methoxy groups -OCH3 is 1. The molecule has 2 aromatic carbocycles. The van der Waals surface area contributed by atoms with Crippen LogP contribution in [-0.2, 0) is 26.2 Å².